The molecule has 0 saturated heterocycles. The fraction of sp³-hybridized carbons (Fsp3) is 0.783. The molecular weight excluding hydrogens is 340 g/mol. The Hall–Kier alpha value is -1.13. The van der Waals surface area contributed by atoms with Crippen LogP contribution in [0, 0.1) is 23.7 Å². The van der Waals surface area contributed by atoms with Crippen LogP contribution in [0.5, 0.6) is 0 Å². The Morgan fingerprint density at radius 1 is 1.30 bits per heavy atom. The molecule has 0 radical (unpaired) electrons. The molecule has 2 aliphatic rings. The number of carbonyl (C=O) groups is 1. The summed E-state index contributed by atoms with van der Waals surface area (Å²) >= 11 is 0. The van der Waals surface area contributed by atoms with E-state index in [0.29, 0.717) is 24.2 Å². The first-order valence-electron chi connectivity index (χ1n) is 10.8. The Morgan fingerprint density at radius 3 is 2.78 bits per heavy atom. The summed E-state index contributed by atoms with van der Waals surface area (Å²) in [7, 11) is 0. The maximum Gasteiger partial charge on any atom is 0.303 e. The van der Waals surface area contributed by atoms with E-state index in [-0.39, 0.29) is 18.4 Å². The van der Waals surface area contributed by atoms with Gasteiger partial charge >= 0.3 is 5.97 Å². The average molecular weight is 379 g/mol. The monoisotopic (exact) mass is 378 g/mol. The van der Waals surface area contributed by atoms with Crippen molar-refractivity contribution < 1.29 is 20.1 Å². The van der Waals surface area contributed by atoms with Crippen LogP contribution < -0.4 is 0 Å². The first-order valence-corrected chi connectivity index (χ1v) is 10.8. The zero-order chi connectivity index (χ0) is 19.8. The summed E-state index contributed by atoms with van der Waals surface area (Å²) in [5.74, 6) is 0.929. The number of hydrogen-bond donors (Lipinski definition) is 3. The number of aliphatic carboxylic acids is 1. The third-order valence-electron chi connectivity index (χ3n) is 6.39. The SMILES string of the molecule is CCCCC(C)C[C@@H](O)/C=C/[C@@H]1[C@H]2C/C(=C/CCCC(=O)O)C[C@@H]2C[C@H]1O. The molecule has 2 saturated carbocycles. The van der Waals surface area contributed by atoms with E-state index in [0.717, 1.165) is 38.5 Å². The van der Waals surface area contributed by atoms with E-state index in [1.165, 1.54) is 18.4 Å². The Bertz CT molecular complexity index is 524. The lowest BCUT2D eigenvalue weighted by Gasteiger charge is -2.18. The number of aliphatic hydroxyl groups excluding tert-OH is 2. The molecule has 154 valence electrons. The van der Waals surface area contributed by atoms with Gasteiger partial charge in [0.15, 0.2) is 0 Å². The van der Waals surface area contributed by atoms with E-state index < -0.39 is 12.1 Å². The second-order valence-electron chi connectivity index (χ2n) is 8.80. The maximum atomic E-state index is 10.6. The Morgan fingerprint density at radius 2 is 2.07 bits per heavy atom. The number of aliphatic hydroxyl groups is 2. The minimum atomic E-state index is -0.729. The highest BCUT2D eigenvalue weighted by molar-refractivity contribution is 5.66. The number of carboxylic acids is 1. The molecule has 0 amide bonds. The molecule has 6 atom stereocenters. The van der Waals surface area contributed by atoms with Crippen molar-refractivity contribution in [3.63, 3.8) is 0 Å². The molecule has 2 aliphatic carbocycles. The summed E-state index contributed by atoms with van der Waals surface area (Å²) < 4.78 is 0. The standard InChI is InChI=1S/C23H38O4/c1-3-4-7-16(2)12-19(24)10-11-20-21-14-17(8-5-6-9-23(26)27)13-18(21)15-22(20)25/h8,10-11,16,18-22,24-25H,3-7,9,12-15H2,1-2H3,(H,26,27)/b11-10+,17-8+/t16?,18-,19+,20-,21+,22-/m1/s1. The normalized spacial score (nSPS) is 31.5. The van der Waals surface area contributed by atoms with Crippen molar-refractivity contribution in [1.29, 1.82) is 0 Å². The zero-order valence-corrected chi connectivity index (χ0v) is 17.0. The highest BCUT2D eigenvalue weighted by Crippen LogP contribution is 2.50. The largest absolute Gasteiger partial charge is 0.481 e. The number of unbranched alkanes of at least 4 members (excludes halogenated alkanes) is 2. The van der Waals surface area contributed by atoms with E-state index in [9.17, 15) is 15.0 Å². The summed E-state index contributed by atoms with van der Waals surface area (Å²) in [6, 6.07) is 0. The minimum Gasteiger partial charge on any atom is -0.481 e. The molecule has 2 fully saturated rings. The minimum absolute atomic E-state index is 0.139. The number of fused-ring (bicyclic) bond motifs is 1. The van der Waals surface area contributed by atoms with Crippen molar-refractivity contribution in [2.75, 3.05) is 0 Å². The zero-order valence-electron chi connectivity index (χ0n) is 17.0. The van der Waals surface area contributed by atoms with Gasteiger partial charge in [0.2, 0.25) is 0 Å². The molecule has 4 nitrogen and oxygen atoms in total. The van der Waals surface area contributed by atoms with Crippen LogP contribution in [0.4, 0.5) is 0 Å². The van der Waals surface area contributed by atoms with Gasteiger partial charge in [-0.1, -0.05) is 56.9 Å². The van der Waals surface area contributed by atoms with Crippen LogP contribution in [0.3, 0.4) is 0 Å². The summed E-state index contributed by atoms with van der Waals surface area (Å²) in [4.78, 5) is 10.6. The fourth-order valence-corrected chi connectivity index (χ4v) is 4.92. The van der Waals surface area contributed by atoms with Crippen LogP contribution in [0.15, 0.2) is 23.8 Å². The predicted octanol–water partition coefficient (Wildman–Crippen LogP) is 4.71. The van der Waals surface area contributed by atoms with Gasteiger partial charge in [0.05, 0.1) is 12.2 Å². The van der Waals surface area contributed by atoms with Crippen molar-refractivity contribution in [2.24, 2.45) is 23.7 Å². The van der Waals surface area contributed by atoms with Gasteiger partial charge in [-0.3, -0.25) is 4.79 Å². The van der Waals surface area contributed by atoms with Gasteiger partial charge in [0, 0.05) is 12.3 Å². The highest BCUT2D eigenvalue weighted by atomic mass is 16.4. The van der Waals surface area contributed by atoms with Crippen molar-refractivity contribution in [2.45, 2.75) is 90.3 Å². The predicted molar refractivity (Wildman–Crippen MR) is 108 cm³/mol. The molecule has 0 aromatic rings. The third kappa shape index (κ3) is 7.08. The Kier molecular flexibility index (Phi) is 9.04. The van der Waals surface area contributed by atoms with Crippen molar-refractivity contribution in [1.82, 2.24) is 0 Å². The van der Waals surface area contributed by atoms with Crippen LogP contribution in [-0.4, -0.2) is 33.5 Å². The van der Waals surface area contributed by atoms with Gasteiger partial charge in [-0.2, -0.15) is 0 Å². The molecule has 1 unspecified atom stereocenters. The smallest absolute Gasteiger partial charge is 0.303 e. The lowest BCUT2D eigenvalue weighted by atomic mass is 9.89. The van der Waals surface area contributed by atoms with Crippen molar-refractivity contribution in [3.8, 4) is 0 Å². The molecule has 0 bridgehead atoms. The topological polar surface area (TPSA) is 77.8 Å². The molecule has 3 N–H and O–H groups in total. The van der Waals surface area contributed by atoms with E-state index >= 15 is 0 Å². The summed E-state index contributed by atoms with van der Waals surface area (Å²) in [5, 5.41) is 29.5. The maximum absolute atomic E-state index is 10.6. The summed E-state index contributed by atoms with van der Waals surface area (Å²) in [5.41, 5.74) is 1.43. The Balaban J connectivity index is 1.83. The second-order valence-corrected chi connectivity index (χ2v) is 8.80. The molecule has 0 spiro atoms. The number of carboxylic acid groups (broad SMARTS) is 1. The lowest BCUT2D eigenvalue weighted by molar-refractivity contribution is -0.137. The van der Waals surface area contributed by atoms with Crippen LogP contribution >= 0.6 is 0 Å². The molecule has 0 aliphatic heterocycles. The molecule has 0 aromatic carbocycles. The first-order chi connectivity index (χ1) is 12.9. The highest BCUT2D eigenvalue weighted by Gasteiger charge is 2.44. The van der Waals surface area contributed by atoms with Gasteiger partial charge in [-0.25, -0.2) is 0 Å². The number of rotatable bonds is 11. The van der Waals surface area contributed by atoms with Crippen LogP contribution in [-0.2, 0) is 4.79 Å². The van der Waals surface area contributed by atoms with E-state index in [4.69, 9.17) is 5.11 Å². The van der Waals surface area contributed by atoms with Gasteiger partial charge < -0.3 is 15.3 Å². The second kappa shape index (κ2) is 11.0. The van der Waals surface area contributed by atoms with E-state index in [1.54, 1.807) is 0 Å². The van der Waals surface area contributed by atoms with E-state index in [2.05, 4.69) is 26.0 Å². The van der Waals surface area contributed by atoms with Crippen molar-refractivity contribution >= 4 is 5.97 Å². The Labute approximate surface area is 164 Å². The van der Waals surface area contributed by atoms with Gasteiger partial charge in [0.25, 0.3) is 0 Å². The summed E-state index contributed by atoms with van der Waals surface area (Å²) in [6.07, 6.45) is 14.5. The first kappa shape index (κ1) is 22.2. The summed E-state index contributed by atoms with van der Waals surface area (Å²) in [6.45, 7) is 4.39. The average Bonchev–Trinajstić information content (AvgIpc) is 3.11. The molecule has 2 rings (SSSR count). The fourth-order valence-electron chi connectivity index (χ4n) is 4.92. The van der Waals surface area contributed by atoms with Crippen LogP contribution in [0.25, 0.3) is 0 Å². The molecule has 4 heteroatoms. The lowest BCUT2D eigenvalue weighted by Crippen LogP contribution is -2.18. The molecule has 27 heavy (non-hydrogen) atoms. The molecule has 0 heterocycles. The molecule has 0 aromatic heterocycles. The molecular formula is C23H38O4. The number of hydrogen-bond acceptors (Lipinski definition) is 3. The van der Waals surface area contributed by atoms with Crippen LogP contribution in [0.1, 0.15) is 78.1 Å². The third-order valence-corrected chi connectivity index (χ3v) is 6.39. The van der Waals surface area contributed by atoms with Gasteiger partial charge in [-0.05, 0) is 56.3 Å². The quantitative estimate of drug-likeness (QED) is 0.359. The van der Waals surface area contributed by atoms with Gasteiger partial charge in [0.1, 0.15) is 0 Å². The van der Waals surface area contributed by atoms with Crippen LogP contribution in [0.2, 0.25) is 0 Å². The van der Waals surface area contributed by atoms with Gasteiger partial charge in [-0.15, -0.1) is 0 Å². The van der Waals surface area contributed by atoms with Crippen molar-refractivity contribution in [3.05, 3.63) is 23.8 Å². The number of allylic oxidation sites excluding steroid dienone is 2. The van der Waals surface area contributed by atoms with E-state index in [1.807, 2.05) is 6.08 Å².